The topological polar surface area (TPSA) is 62.2 Å². The summed E-state index contributed by atoms with van der Waals surface area (Å²) in [6.45, 7) is 11.2. The van der Waals surface area contributed by atoms with Crippen molar-refractivity contribution in [2.45, 2.75) is 58.3 Å². The van der Waals surface area contributed by atoms with Crippen LogP contribution in [0.3, 0.4) is 0 Å². The molecule has 4 aromatic carbocycles. The van der Waals surface area contributed by atoms with Gasteiger partial charge in [0.2, 0.25) is 0 Å². The number of hydrogen-bond acceptors (Lipinski definition) is 6. The van der Waals surface area contributed by atoms with Crippen LogP contribution in [0.25, 0.3) is 0 Å². The van der Waals surface area contributed by atoms with Crippen LogP contribution in [0.2, 0.25) is 0 Å². The molecule has 0 saturated carbocycles. The number of phenols is 1. The Bertz CT molecular complexity index is 1790. The Kier molecular flexibility index (Phi) is 10.8. The second-order valence-corrected chi connectivity index (χ2v) is 13.3. The lowest BCUT2D eigenvalue weighted by atomic mass is 9.75. The molecule has 0 radical (unpaired) electrons. The molecule has 2 unspecified atom stereocenters. The summed E-state index contributed by atoms with van der Waals surface area (Å²) < 4.78 is 41.5. The number of carbonyl (C=O) groups excluding carboxylic acids is 1. The molecule has 1 saturated heterocycles. The third kappa shape index (κ3) is 7.91. The predicted molar refractivity (Wildman–Crippen MR) is 190 cm³/mol. The van der Waals surface area contributed by atoms with Crippen molar-refractivity contribution in [1.82, 2.24) is 4.90 Å². The van der Waals surface area contributed by atoms with Gasteiger partial charge in [-0.1, -0.05) is 31.2 Å². The molecule has 2 aliphatic rings. The summed E-state index contributed by atoms with van der Waals surface area (Å²) >= 11 is 0. The summed E-state index contributed by atoms with van der Waals surface area (Å²) in [7, 11) is 0. The van der Waals surface area contributed by atoms with Crippen LogP contribution in [0, 0.1) is 18.6 Å². The number of fused-ring (bicyclic) bond motifs is 1. The van der Waals surface area contributed by atoms with E-state index in [0.29, 0.717) is 24.5 Å². The fourth-order valence-electron chi connectivity index (χ4n) is 7.26. The molecular weight excluding hydrogens is 622 g/mol. The first kappa shape index (κ1) is 34.4. The van der Waals surface area contributed by atoms with Crippen LogP contribution >= 0.6 is 0 Å². The van der Waals surface area contributed by atoms with Crippen LogP contribution in [0.5, 0.6) is 17.2 Å². The Morgan fingerprint density at radius 2 is 1.69 bits per heavy atom. The van der Waals surface area contributed by atoms with Crippen molar-refractivity contribution < 1.29 is 28.2 Å². The summed E-state index contributed by atoms with van der Waals surface area (Å²) in [4.78, 5) is 16.8. The molecule has 0 bridgehead atoms. The molecule has 49 heavy (non-hydrogen) atoms. The Morgan fingerprint density at radius 3 is 2.43 bits per heavy atom. The number of Topliss-reactive ketones (excluding diaryl/α,β-unsaturated/α-hetero) is 1. The lowest BCUT2D eigenvalue weighted by molar-refractivity contribution is 0.101. The highest BCUT2D eigenvalue weighted by molar-refractivity contribution is 5.96. The molecule has 258 valence electrons. The highest BCUT2D eigenvalue weighted by atomic mass is 19.1. The molecule has 6 rings (SSSR count). The monoisotopic (exact) mass is 668 g/mol. The average Bonchev–Trinajstić information content (AvgIpc) is 3.10. The highest BCUT2D eigenvalue weighted by Crippen LogP contribution is 2.47. The second kappa shape index (κ2) is 15.4. The number of anilines is 1. The zero-order chi connectivity index (χ0) is 34.5. The fraction of sp³-hybridized carbons (Fsp3) is 0.390. The Labute approximate surface area is 288 Å². The zero-order valence-electron chi connectivity index (χ0n) is 28.7. The molecule has 1 N–H and O–H groups in total. The first-order valence-corrected chi connectivity index (χ1v) is 17.5. The summed E-state index contributed by atoms with van der Waals surface area (Å²) in [5.41, 5.74) is 6.21. The first-order valence-electron chi connectivity index (χ1n) is 17.5. The number of aromatic hydroxyl groups is 1. The number of hydrogen-bond donors (Lipinski definition) is 1. The van der Waals surface area contributed by atoms with Crippen molar-refractivity contribution in [3.63, 3.8) is 0 Å². The maximum atomic E-state index is 15.5. The molecule has 2 heterocycles. The second-order valence-electron chi connectivity index (χ2n) is 13.3. The van der Waals surface area contributed by atoms with Gasteiger partial charge in [-0.2, -0.15) is 0 Å². The van der Waals surface area contributed by atoms with Gasteiger partial charge in [-0.05, 0) is 111 Å². The summed E-state index contributed by atoms with van der Waals surface area (Å²) in [5.74, 6) is -0.0884. The van der Waals surface area contributed by atoms with Gasteiger partial charge < -0.3 is 19.5 Å². The number of benzene rings is 4. The minimum atomic E-state index is -0.418. The smallest absolute Gasteiger partial charge is 0.165 e. The van der Waals surface area contributed by atoms with Crippen molar-refractivity contribution in [2.75, 3.05) is 50.8 Å². The number of piperazine rings is 1. The molecule has 6 nitrogen and oxygen atoms in total. The quantitative estimate of drug-likeness (QED) is 0.121. The number of aryl methyl sites for hydroxylation is 2. The van der Waals surface area contributed by atoms with Gasteiger partial charge in [-0.15, -0.1) is 0 Å². The van der Waals surface area contributed by atoms with Crippen molar-refractivity contribution in [1.29, 1.82) is 0 Å². The first-order chi connectivity index (χ1) is 23.7. The van der Waals surface area contributed by atoms with Crippen LogP contribution in [-0.4, -0.2) is 61.7 Å². The molecule has 2 aliphatic heterocycles. The number of ketones is 1. The Morgan fingerprint density at radius 1 is 0.898 bits per heavy atom. The zero-order valence-corrected chi connectivity index (χ0v) is 28.7. The van der Waals surface area contributed by atoms with Crippen LogP contribution in [0.15, 0.2) is 72.8 Å². The molecule has 8 heteroatoms. The van der Waals surface area contributed by atoms with Crippen LogP contribution in [0.4, 0.5) is 14.5 Å². The lowest BCUT2D eigenvalue weighted by Gasteiger charge is -2.36. The van der Waals surface area contributed by atoms with E-state index in [1.165, 1.54) is 17.8 Å². The highest BCUT2D eigenvalue weighted by Gasteiger charge is 2.34. The number of unbranched alkanes of at least 4 members (excludes halogenated alkanes) is 2. The minimum Gasteiger partial charge on any atom is -0.508 e. The summed E-state index contributed by atoms with van der Waals surface area (Å²) in [6, 6.07) is 21.4. The van der Waals surface area contributed by atoms with E-state index in [9.17, 15) is 14.3 Å². The van der Waals surface area contributed by atoms with Gasteiger partial charge in [0.25, 0.3) is 0 Å². The van der Waals surface area contributed by atoms with Gasteiger partial charge in [0.05, 0.1) is 13.2 Å². The molecule has 1 fully saturated rings. The van der Waals surface area contributed by atoms with Gasteiger partial charge in [0.1, 0.15) is 17.3 Å². The van der Waals surface area contributed by atoms with Gasteiger partial charge in [-0.3, -0.25) is 9.69 Å². The van der Waals surface area contributed by atoms with Gasteiger partial charge >= 0.3 is 0 Å². The van der Waals surface area contributed by atoms with E-state index in [0.717, 1.165) is 86.2 Å². The van der Waals surface area contributed by atoms with E-state index in [1.807, 2.05) is 24.3 Å². The van der Waals surface area contributed by atoms with Crippen LogP contribution in [-0.2, 0) is 6.42 Å². The number of ether oxygens (including phenoxy) is 2. The van der Waals surface area contributed by atoms with E-state index in [-0.39, 0.29) is 34.9 Å². The standard InChI is InChI=1S/C41H46F2N2O4/c1-4-29-23-32(10-12-34(29)28(3)46)45-19-17-44(18-20-45)16-6-5-7-21-48-39-15-9-31(24-38(39)43)41-35-13-11-33(47)25-40(35)49-26-36(41)30-8-14-37(42)27(2)22-30/h8-15,22-25,36,41,47H,4-7,16-21,26H2,1-3H3. The van der Waals surface area contributed by atoms with Gasteiger partial charge in [0.15, 0.2) is 17.3 Å². The van der Waals surface area contributed by atoms with Crippen LogP contribution < -0.4 is 14.4 Å². The number of phenolic OH excluding ortho intramolecular Hbond substituents is 1. The third-order valence-electron chi connectivity index (χ3n) is 10.0. The average molecular weight is 669 g/mol. The Hall–Kier alpha value is -4.43. The number of carbonyl (C=O) groups is 1. The number of halogens is 2. The molecule has 0 aromatic heterocycles. The third-order valence-corrected chi connectivity index (χ3v) is 10.0. The van der Waals surface area contributed by atoms with E-state index >= 15 is 4.39 Å². The Balaban J connectivity index is 0.998. The number of rotatable bonds is 12. The van der Waals surface area contributed by atoms with Crippen LogP contribution in [0.1, 0.15) is 83.1 Å². The summed E-state index contributed by atoms with van der Waals surface area (Å²) in [5, 5.41) is 10.1. The normalized spacial score (nSPS) is 17.8. The van der Waals surface area contributed by atoms with E-state index in [2.05, 4.69) is 28.9 Å². The molecule has 0 spiro atoms. The maximum Gasteiger partial charge on any atom is 0.165 e. The van der Waals surface area contributed by atoms with E-state index < -0.39 is 5.82 Å². The van der Waals surface area contributed by atoms with E-state index in [4.69, 9.17) is 9.47 Å². The molecular formula is C41H46F2N2O4. The summed E-state index contributed by atoms with van der Waals surface area (Å²) in [6.07, 6.45) is 3.74. The lowest BCUT2D eigenvalue weighted by Crippen LogP contribution is -2.46. The van der Waals surface area contributed by atoms with Crippen molar-refractivity contribution in [3.8, 4) is 17.2 Å². The van der Waals surface area contributed by atoms with Crippen molar-refractivity contribution in [3.05, 3.63) is 118 Å². The maximum absolute atomic E-state index is 15.5. The predicted octanol–water partition coefficient (Wildman–Crippen LogP) is 8.42. The van der Waals surface area contributed by atoms with Gasteiger partial charge in [-0.25, -0.2) is 8.78 Å². The molecule has 0 aliphatic carbocycles. The molecule has 2 atom stereocenters. The van der Waals surface area contributed by atoms with Crippen molar-refractivity contribution >= 4 is 11.5 Å². The fourth-order valence-corrected chi connectivity index (χ4v) is 7.26. The molecule has 4 aromatic rings. The van der Waals surface area contributed by atoms with Crippen molar-refractivity contribution in [2.24, 2.45) is 0 Å². The largest absolute Gasteiger partial charge is 0.508 e. The number of nitrogens with zero attached hydrogens (tertiary/aromatic N) is 2. The minimum absolute atomic E-state index is 0.102. The molecule has 0 amide bonds. The SMILES string of the molecule is CCc1cc(N2CCN(CCCCCOc3ccc(C4c5ccc(O)cc5OCC4c4ccc(F)c(C)c4)cc3F)CC2)ccc1C(C)=O. The van der Waals surface area contributed by atoms with Gasteiger partial charge in [0, 0.05) is 60.9 Å². The van der Waals surface area contributed by atoms with E-state index in [1.54, 1.807) is 38.1 Å².